The van der Waals surface area contributed by atoms with Crippen molar-refractivity contribution in [1.82, 2.24) is 0 Å². The summed E-state index contributed by atoms with van der Waals surface area (Å²) in [6.07, 6.45) is 0. The lowest BCUT2D eigenvalue weighted by Crippen LogP contribution is -1.88. The van der Waals surface area contributed by atoms with E-state index in [0.717, 1.165) is 5.33 Å². The van der Waals surface area contributed by atoms with E-state index >= 15 is 0 Å². The van der Waals surface area contributed by atoms with E-state index < -0.39 is 0 Å². The van der Waals surface area contributed by atoms with Crippen LogP contribution in [0.15, 0.2) is 60.7 Å². The number of fused-ring (bicyclic) bond motifs is 4. The Balaban J connectivity index is 2.32. The zero-order chi connectivity index (χ0) is 14.4. The summed E-state index contributed by atoms with van der Waals surface area (Å²) in [6, 6.07) is 22.0. The van der Waals surface area contributed by atoms with E-state index in [4.69, 9.17) is 0 Å². The summed E-state index contributed by atoms with van der Waals surface area (Å²) < 4.78 is 0. The van der Waals surface area contributed by atoms with Crippen LogP contribution in [0.4, 0.5) is 0 Å². The number of halogens is 1. The smallest absolute Gasteiger partial charge is 0.0295 e. The van der Waals surface area contributed by atoms with Crippen LogP contribution in [0, 0.1) is 6.92 Å². The van der Waals surface area contributed by atoms with Gasteiger partial charge in [0.1, 0.15) is 0 Å². The topological polar surface area (TPSA) is 0 Å². The molecule has 0 bridgehead atoms. The van der Waals surface area contributed by atoms with Crippen LogP contribution in [0.25, 0.3) is 32.3 Å². The molecule has 0 atom stereocenters. The molecule has 0 amide bonds. The second kappa shape index (κ2) is 4.85. The molecule has 0 fully saturated rings. The zero-order valence-electron chi connectivity index (χ0n) is 11.9. The molecule has 0 aliphatic carbocycles. The van der Waals surface area contributed by atoms with E-state index in [-0.39, 0.29) is 0 Å². The molecule has 0 unspecified atom stereocenters. The van der Waals surface area contributed by atoms with Crippen LogP contribution >= 0.6 is 15.9 Å². The molecule has 0 aliphatic rings. The second-order valence-corrected chi connectivity index (χ2v) is 6.10. The Bertz CT molecular complexity index is 983. The minimum atomic E-state index is 0.877. The summed E-state index contributed by atoms with van der Waals surface area (Å²) in [5.74, 6) is 0. The maximum Gasteiger partial charge on any atom is 0.0295 e. The van der Waals surface area contributed by atoms with Crippen LogP contribution in [0.1, 0.15) is 11.1 Å². The third-order valence-corrected chi connectivity index (χ3v) is 4.90. The Labute approximate surface area is 132 Å². The van der Waals surface area contributed by atoms with Crippen molar-refractivity contribution >= 4 is 48.2 Å². The van der Waals surface area contributed by atoms with Gasteiger partial charge >= 0.3 is 0 Å². The molecule has 0 heterocycles. The first kappa shape index (κ1) is 12.8. The summed E-state index contributed by atoms with van der Waals surface area (Å²) in [6.45, 7) is 2.20. The van der Waals surface area contributed by atoms with Crippen molar-refractivity contribution in [2.45, 2.75) is 12.3 Å². The molecule has 0 spiro atoms. The van der Waals surface area contributed by atoms with Gasteiger partial charge in [-0.25, -0.2) is 0 Å². The lowest BCUT2D eigenvalue weighted by atomic mass is 9.92. The SMILES string of the molecule is Cc1cccc2ccc3c(CBr)c4ccccc4cc3c12. The maximum absolute atomic E-state index is 3.68. The summed E-state index contributed by atoms with van der Waals surface area (Å²) in [5.41, 5.74) is 2.72. The second-order valence-electron chi connectivity index (χ2n) is 5.54. The number of rotatable bonds is 1. The van der Waals surface area contributed by atoms with Gasteiger partial charge in [-0.15, -0.1) is 0 Å². The first-order valence-electron chi connectivity index (χ1n) is 7.18. The normalized spacial score (nSPS) is 11.5. The van der Waals surface area contributed by atoms with Crippen LogP contribution in [0.5, 0.6) is 0 Å². The summed E-state index contributed by atoms with van der Waals surface area (Å²) in [7, 11) is 0. The number of aryl methyl sites for hydroxylation is 1. The first-order valence-corrected chi connectivity index (χ1v) is 8.30. The molecule has 0 aromatic heterocycles. The predicted molar refractivity (Wildman–Crippen MR) is 96.3 cm³/mol. The van der Waals surface area contributed by atoms with Crippen LogP contribution in [0.3, 0.4) is 0 Å². The highest BCUT2D eigenvalue weighted by atomic mass is 79.9. The van der Waals surface area contributed by atoms with Gasteiger partial charge in [0.25, 0.3) is 0 Å². The molecular weight excluding hydrogens is 320 g/mol. The van der Waals surface area contributed by atoms with Gasteiger partial charge in [-0.05, 0) is 56.4 Å². The summed E-state index contributed by atoms with van der Waals surface area (Å²) in [4.78, 5) is 0. The van der Waals surface area contributed by atoms with E-state index in [1.807, 2.05) is 0 Å². The average Bonchev–Trinajstić information content (AvgIpc) is 2.52. The Kier molecular flexibility index (Phi) is 2.97. The Hall–Kier alpha value is -1.86. The van der Waals surface area contributed by atoms with Crippen molar-refractivity contribution in [3.05, 3.63) is 71.8 Å². The summed E-state index contributed by atoms with van der Waals surface area (Å²) >= 11 is 3.68. The van der Waals surface area contributed by atoms with Crippen LogP contribution in [-0.2, 0) is 5.33 Å². The van der Waals surface area contributed by atoms with Crippen molar-refractivity contribution in [2.75, 3.05) is 0 Å². The molecule has 4 aromatic rings. The fourth-order valence-electron chi connectivity index (χ4n) is 3.35. The van der Waals surface area contributed by atoms with Gasteiger partial charge in [0.05, 0.1) is 0 Å². The third kappa shape index (κ3) is 1.88. The van der Waals surface area contributed by atoms with Crippen LogP contribution < -0.4 is 0 Å². The zero-order valence-corrected chi connectivity index (χ0v) is 13.4. The average molecular weight is 335 g/mol. The minimum absolute atomic E-state index is 0.877. The molecule has 0 N–H and O–H groups in total. The molecule has 4 aromatic carbocycles. The fourth-order valence-corrected chi connectivity index (χ4v) is 3.95. The van der Waals surface area contributed by atoms with Gasteiger partial charge in [-0.1, -0.05) is 70.5 Å². The monoisotopic (exact) mass is 334 g/mol. The molecule has 0 saturated heterocycles. The quantitative estimate of drug-likeness (QED) is 0.216. The van der Waals surface area contributed by atoms with Gasteiger partial charge in [0.2, 0.25) is 0 Å². The molecule has 0 radical (unpaired) electrons. The van der Waals surface area contributed by atoms with Crippen LogP contribution in [0.2, 0.25) is 0 Å². The highest BCUT2D eigenvalue weighted by molar-refractivity contribution is 9.08. The number of alkyl halides is 1. The predicted octanol–water partition coefficient (Wildman–Crippen LogP) is 6.35. The Morgan fingerprint density at radius 3 is 2.43 bits per heavy atom. The van der Waals surface area contributed by atoms with E-state index in [2.05, 4.69) is 83.5 Å². The fraction of sp³-hybridized carbons (Fsp3) is 0.100. The first-order chi connectivity index (χ1) is 10.3. The standard InChI is InChI=1S/C20H15Br/c1-13-5-4-7-14-9-10-17-18(20(13)14)11-15-6-2-3-8-16(15)19(17)12-21/h2-11H,12H2,1H3. The number of benzene rings is 4. The van der Waals surface area contributed by atoms with Gasteiger partial charge in [-0.3, -0.25) is 0 Å². The number of hydrogen-bond donors (Lipinski definition) is 0. The van der Waals surface area contributed by atoms with Crippen molar-refractivity contribution in [1.29, 1.82) is 0 Å². The highest BCUT2D eigenvalue weighted by Crippen LogP contribution is 2.35. The van der Waals surface area contributed by atoms with Crippen molar-refractivity contribution in [3.63, 3.8) is 0 Å². The molecule has 0 aliphatic heterocycles. The lowest BCUT2D eigenvalue weighted by Gasteiger charge is -2.13. The van der Waals surface area contributed by atoms with E-state index in [1.54, 1.807) is 0 Å². The Morgan fingerprint density at radius 2 is 1.57 bits per heavy atom. The van der Waals surface area contributed by atoms with E-state index in [9.17, 15) is 0 Å². The lowest BCUT2D eigenvalue weighted by molar-refractivity contribution is 1.52. The van der Waals surface area contributed by atoms with Crippen molar-refractivity contribution in [2.24, 2.45) is 0 Å². The highest BCUT2D eigenvalue weighted by Gasteiger charge is 2.10. The van der Waals surface area contributed by atoms with E-state index in [1.165, 1.54) is 43.4 Å². The van der Waals surface area contributed by atoms with Crippen molar-refractivity contribution in [3.8, 4) is 0 Å². The van der Waals surface area contributed by atoms with Gasteiger partial charge in [0, 0.05) is 5.33 Å². The van der Waals surface area contributed by atoms with Gasteiger partial charge < -0.3 is 0 Å². The molecule has 0 saturated carbocycles. The summed E-state index contributed by atoms with van der Waals surface area (Å²) in [5, 5.41) is 8.94. The molecule has 1 heteroatoms. The van der Waals surface area contributed by atoms with E-state index in [0.29, 0.717) is 0 Å². The molecule has 0 nitrogen and oxygen atoms in total. The largest absolute Gasteiger partial charge is 0.0876 e. The molecule has 102 valence electrons. The van der Waals surface area contributed by atoms with Gasteiger partial charge in [-0.2, -0.15) is 0 Å². The number of hydrogen-bond acceptors (Lipinski definition) is 0. The van der Waals surface area contributed by atoms with Gasteiger partial charge in [0.15, 0.2) is 0 Å². The minimum Gasteiger partial charge on any atom is -0.0876 e. The Morgan fingerprint density at radius 1 is 0.762 bits per heavy atom. The van der Waals surface area contributed by atoms with Crippen LogP contribution in [-0.4, -0.2) is 0 Å². The molecular formula is C20H15Br. The molecule has 4 rings (SSSR count). The van der Waals surface area contributed by atoms with Crippen molar-refractivity contribution < 1.29 is 0 Å². The third-order valence-electron chi connectivity index (χ3n) is 4.34. The molecule has 21 heavy (non-hydrogen) atoms. The maximum atomic E-state index is 3.68.